The molecule has 0 saturated heterocycles. The smallest absolute Gasteiger partial charge is 0.0651 e. The molecule has 2 bridgehead atoms. The molecule has 22 heavy (non-hydrogen) atoms. The van der Waals surface area contributed by atoms with Gasteiger partial charge in [-0.1, -0.05) is 27.2 Å². The fourth-order valence-corrected chi connectivity index (χ4v) is 8.05. The molecule has 5 saturated carbocycles. The lowest BCUT2D eigenvalue weighted by Crippen LogP contribution is -2.66. The minimum Gasteiger partial charge on any atom is -0.396 e. The molecule has 5 aliphatic rings. The third kappa shape index (κ3) is 1.75. The van der Waals surface area contributed by atoms with E-state index in [1.807, 2.05) is 0 Å². The van der Waals surface area contributed by atoms with Crippen LogP contribution in [0.15, 0.2) is 0 Å². The SMILES string of the molecule is CC1(C)CCC[C@]2(C)[C@@H]1CC[C@@]13CC[C@@H](C[C@@H]21)[C@H](CO)[C@H]3O. The minimum absolute atomic E-state index is 0.126. The van der Waals surface area contributed by atoms with E-state index in [9.17, 15) is 10.2 Å². The molecule has 0 heterocycles. The molecule has 0 aromatic carbocycles. The average molecular weight is 306 g/mol. The maximum absolute atomic E-state index is 11.1. The van der Waals surface area contributed by atoms with Gasteiger partial charge >= 0.3 is 0 Å². The fourth-order valence-electron chi connectivity index (χ4n) is 8.05. The first kappa shape index (κ1) is 15.4. The molecule has 7 atom stereocenters. The van der Waals surface area contributed by atoms with Gasteiger partial charge in [-0.05, 0) is 73.5 Å². The van der Waals surface area contributed by atoms with Crippen LogP contribution in [0.25, 0.3) is 0 Å². The zero-order valence-electron chi connectivity index (χ0n) is 14.6. The summed E-state index contributed by atoms with van der Waals surface area (Å²) in [5.74, 6) is 2.23. The molecule has 2 N–H and O–H groups in total. The Morgan fingerprint density at radius 2 is 1.68 bits per heavy atom. The van der Waals surface area contributed by atoms with Gasteiger partial charge in [0.2, 0.25) is 0 Å². The van der Waals surface area contributed by atoms with Crippen LogP contribution in [0.5, 0.6) is 0 Å². The van der Waals surface area contributed by atoms with Crippen molar-refractivity contribution in [1.82, 2.24) is 0 Å². The Kier molecular flexibility index (Phi) is 3.32. The first-order valence-corrected chi connectivity index (χ1v) is 9.64. The maximum atomic E-state index is 11.1. The van der Waals surface area contributed by atoms with Crippen LogP contribution >= 0.6 is 0 Å². The number of fused-ring (bicyclic) bond motifs is 3. The van der Waals surface area contributed by atoms with E-state index in [4.69, 9.17) is 0 Å². The van der Waals surface area contributed by atoms with Crippen LogP contribution in [0.4, 0.5) is 0 Å². The number of rotatable bonds is 1. The molecule has 0 unspecified atom stereocenters. The Morgan fingerprint density at radius 1 is 0.955 bits per heavy atom. The van der Waals surface area contributed by atoms with E-state index < -0.39 is 0 Å². The van der Waals surface area contributed by atoms with E-state index in [0.717, 1.165) is 5.92 Å². The van der Waals surface area contributed by atoms with Gasteiger partial charge in [0, 0.05) is 17.9 Å². The molecule has 126 valence electrons. The number of hydrogen-bond acceptors (Lipinski definition) is 2. The maximum Gasteiger partial charge on any atom is 0.0651 e. The quantitative estimate of drug-likeness (QED) is 0.769. The summed E-state index contributed by atoms with van der Waals surface area (Å²) in [4.78, 5) is 0. The van der Waals surface area contributed by atoms with Gasteiger partial charge in [0.15, 0.2) is 0 Å². The third-order valence-corrected chi connectivity index (χ3v) is 8.99. The molecule has 0 amide bonds. The number of hydrogen-bond donors (Lipinski definition) is 2. The highest BCUT2D eigenvalue weighted by molar-refractivity contribution is 5.15. The molecule has 5 fully saturated rings. The summed E-state index contributed by atoms with van der Waals surface area (Å²) in [6, 6.07) is 0. The summed E-state index contributed by atoms with van der Waals surface area (Å²) in [7, 11) is 0. The van der Waals surface area contributed by atoms with Crippen LogP contribution < -0.4 is 0 Å². The van der Waals surface area contributed by atoms with Crippen LogP contribution in [0.3, 0.4) is 0 Å². The molecule has 0 aromatic heterocycles. The van der Waals surface area contributed by atoms with E-state index in [1.54, 1.807) is 0 Å². The average Bonchev–Trinajstić information content (AvgIpc) is 2.47. The summed E-state index contributed by atoms with van der Waals surface area (Å²) in [6.45, 7) is 7.72. The van der Waals surface area contributed by atoms with Crippen molar-refractivity contribution in [2.24, 2.45) is 39.9 Å². The number of aliphatic hydroxyl groups is 2. The minimum atomic E-state index is -0.252. The van der Waals surface area contributed by atoms with Crippen LogP contribution in [0, 0.1) is 39.9 Å². The highest BCUT2D eigenvalue weighted by Crippen LogP contribution is 2.72. The molecule has 0 aromatic rings. The normalized spacial score (nSPS) is 56.3. The van der Waals surface area contributed by atoms with Crippen molar-refractivity contribution in [3.8, 4) is 0 Å². The molecule has 5 aliphatic carbocycles. The molecule has 1 spiro atoms. The second-order valence-electron chi connectivity index (χ2n) is 10.1. The Morgan fingerprint density at radius 3 is 2.41 bits per heavy atom. The Labute approximate surface area is 135 Å². The number of aliphatic hydroxyl groups excluding tert-OH is 2. The second kappa shape index (κ2) is 4.72. The molecule has 0 radical (unpaired) electrons. The van der Waals surface area contributed by atoms with Gasteiger partial charge in [0.25, 0.3) is 0 Å². The van der Waals surface area contributed by atoms with Crippen LogP contribution in [-0.2, 0) is 0 Å². The van der Waals surface area contributed by atoms with Crippen molar-refractivity contribution >= 4 is 0 Å². The predicted octanol–water partition coefficient (Wildman–Crippen LogP) is 4.00. The molecule has 2 nitrogen and oxygen atoms in total. The topological polar surface area (TPSA) is 40.5 Å². The van der Waals surface area contributed by atoms with Gasteiger partial charge in [-0.3, -0.25) is 0 Å². The summed E-state index contributed by atoms with van der Waals surface area (Å²) in [6.07, 6.45) is 10.0. The summed E-state index contributed by atoms with van der Waals surface area (Å²) in [5, 5.41) is 20.9. The van der Waals surface area contributed by atoms with E-state index in [2.05, 4.69) is 20.8 Å². The van der Waals surface area contributed by atoms with Crippen molar-refractivity contribution < 1.29 is 10.2 Å². The van der Waals surface area contributed by atoms with Gasteiger partial charge in [-0.25, -0.2) is 0 Å². The largest absolute Gasteiger partial charge is 0.396 e. The van der Waals surface area contributed by atoms with Gasteiger partial charge in [0.1, 0.15) is 0 Å². The fraction of sp³-hybridized carbons (Fsp3) is 1.00. The Bertz CT molecular complexity index is 459. The van der Waals surface area contributed by atoms with Crippen LogP contribution in [-0.4, -0.2) is 22.9 Å². The zero-order chi connectivity index (χ0) is 15.8. The lowest BCUT2D eigenvalue weighted by atomic mass is 9.36. The van der Waals surface area contributed by atoms with Crippen molar-refractivity contribution in [1.29, 1.82) is 0 Å². The molecule has 5 rings (SSSR count). The third-order valence-electron chi connectivity index (χ3n) is 8.99. The van der Waals surface area contributed by atoms with Gasteiger partial charge in [0.05, 0.1) is 6.10 Å². The van der Waals surface area contributed by atoms with Gasteiger partial charge in [-0.15, -0.1) is 0 Å². The van der Waals surface area contributed by atoms with Crippen molar-refractivity contribution in [3.05, 3.63) is 0 Å². The van der Waals surface area contributed by atoms with Gasteiger partial charge in [-0.2, -0.15) is 0 Å². The van der Waals surface area contributed by atoms with E-state index in [0.29, 0.717) is 22.7 Å². The van der Waals surface area contributed by atoms with Crippen molar-refractivity contribution in [2.75, 3.05) is 6.61 Å². The highest BCUT2D eigenvalue weighted by atomic mass is 16.3. The zero-order valence-corrected chi connectivity index (χ0v) is 14.6. The van der Waals surface area contributed by atoms with Crippen molar-refractivity contribution in [2.45, 2.75) is 78.2 Å². The van der Waals surface area contributed by atoms with E-state index in [-0.39, 0.29) is 24.0 Å². The molecular formula is C20H34O2. The lowest BCUT2D eigenvalue weighted by Gasteiger charge is -2.70. The molecular weight excluding hydrogens is 272 g/mol. The molecule has 2 heteroatoms. The summed E-state index contributed by atoms with van der Waals surface area (Å²) >= 11 is 0. The molecule has 0 aliphatic heterocycles. The Balaban J connectivity index is 1.74. The highest BCUT2D eigenvalue weighted by Gasteiger charge is 2.66. The summed E-state index contributed by atoms with van der Waals surface area (Å²) < 4.78 is 0. The first-order valence-electron chi connectivity index (χ1n) is 9.64. The van der Waals surface area contributed by atoms with E-state index >= 15 is 0 Å². The monoisotopic (exact) mass is 306 g/mol. The predicted molar refractivity (Wildman–Crippen MR) is 88.3 cm³/mol. The van der Waals surface area contributed by atoms with Crippen LogP contribution in [0.1, 0.15) is 72.1 Å². The van der Waals surface area contributed by atoms with Gasteiger partial charge < -0.3 is 10.2 Å². The lowest BCUT2D eigenvalue weighted by molar-refractivity contribution is -0.246. The second-order valence-corrected chi connectivity index (χ2v) is 10.1. The van der Waals surface area contributed by atoms with Crippen molar-refractivity contribution in [3.63, 3.8) is 0 Å². The summed E-state index contributed by atoms with van der Waals surface area (Å²) in [5.41, 5.74) is 1.01. The van der Waals surface area contributed by atoms with E-state index in [1.165, 1.54) is 51.4 Å². The standard InChI is InChI=1S/C20H34O2/c1-18(2)7-4-8-19(3)15(18)6-10-20-9-5-13(11-16(19)20)14(12-21)17(20)22/h13-17,21-22H,4-12H2,1-3H3/t13-,14-,15+,16-,17+,19+,20-/m0/s1. The first-order chi connectivity index (χ1) is 10.3. The Hall–Kier alpha value is -0.0800. The van der Waals surface area contributed by atoms with Crippen LogP contribution in [0.2, 0.25) is 0 Å².